The first-order valence-corrected chi connectivity index (χ1v) is 8.79. The molecule has 0 unspecified atom stereocenters. The molecule has 0 aromatic heterocycles. The number of hydrogen-bond acceptors (Lipinski definition) is 2. The number of amides is 1. The van der Waals surface area contributed by atoms with Crippen molar-refractivity contribution < 1.29 is 9.53 Å². The van der Waals surface area contributed by atoms with Gasteiger partial charge >= 0.3 is 0 Å². The molecule has 1 aliphatic heterocycles. The van der Waals surface area contributed by atoms with Gasteiger partial charge in [0.2, 0.25) is 5.91 Å². The average Bonchev–Trinajstić information content (AvgIpc) is 3.27. The normalized spacial score (nSPS) is 27.5. The van der Waals surface area contributed by atoms with Crippen LogP contribution in [0.15, 0.2) is 24.3 Å². The van der Waals surface area contributed by atoms with Gasteiger partial charge in [0.25, 0.3) is 0 Å². The van der Waals surface area contributed by atoms with E-state index in [0.717, 1.165) is 45.4 Å². The van der Waals surface area contributed by atoms with E-state index in [1.165, 1.54) is 24.0 Å². The first-order valence-electron chi connectivity index (χ1n) is 8.79. The molecule has 4 rings (SSSR count). The topological polar surface area (TPSA) is 29.5 Å². The highest BCUT2D eigenvalue weighted by Crippen LogP contribution is 2.37. The maximum absolute atomic E-state index is 13.2. The van der Waals surface area contributed by atoms with Gasteiger partial charge in [-0.3, -0.25) is 4.79 Å². The molecule has 1 saturated heterocycles. The van der Waals surface area contributed by atoms with Crippen LogP contribution in [0.5, 0.6) is 0 Å². The standard InChI is InChI=1S/C19H25NO2/c21-19(18-7-3-5-15-4-1-2-6-17(15)18)20(16-8-9-16)12-14-10-11-22-13-14/h1-2,4,6,14,16,18H,3,5,7-13H2/t14-,18+/m0/s1. The molecule has 0 radical (unpaired) electrons. The highest BCUT2D eigenvalue weighted by Gasteiger charge is 2.38. The molecule has 3 nitrogen and oxygen atoms in total. The fourth-order valence-corrected chi connectivity index (χ4v) is 4.02. The Balaban J connectivity index is 1.54. The van der Waals surface area contributed by atoms with Crippen molar-refractivity contribution in [2.24, 2.45) is 5.92 Å². The van der Waals surface area contributed by atoms with E-state index in [-0.39, 0.29) is 5.92 Å². The van der Waals surface area contributed by atoms with Crippen LogP contribution in [-0.4, -0.2) is 36.6 Å². The Morgan fingerprint density at radius 1 is 1.18 bits per heavy atom. The number of ether oxygens (including phenoxy) is 1. The van der Waals surface area contributed by atoms with Gasteiger partial charge in [-0.25, -0.2) is 0 Å². The van der Waals surface area contributed by atoms with Gasteiger partial charge in [-0.15, -0.1) is 0 Å². The number of benzene rings is 1. The smallest absolute Gasteiger partial charge is 0.230 e. The lowest BCUT2D eigenvalue weighted by atomic mass is 9.82. The molecule has 22 heavy (non-hydrogen) atoms. The van der Waals surface area contributed by atoms with Gasteiger partial charge in [-0.05, 0) is 49.7 Å². The summed E-state index contributed by atoms with van der Waals surface area (Å²) in [5, 5.41) is 0. The van der Waals surface area contributed by atoms with Crippen molar-refractivity contribution in [1.29, 1.82) is 0 Å². The van der Waals surface area contributed by atoms with Crippen molar-refractivity contribution in [3.8, 4) is 0 Å². The van der Waals surface area contributed by atoms with E-state index in [2.05, 4.69) is 29.2 Å². The first-order chi connectivity index (χ1) is 10.8. The lowest BCUT2D eigenvalue weighted by Crippen LogP contribution is -2.41. The summed E-state index contributed by atoms with van der Waals surface area (Å²) in [5.41, 5.74) is 2.67. The molecule has 1 aromatic carbocycles. The van der Waals surface area contributed by atoms with E-state index in [1.807, 2.05) is 0 Å². The molecule has 2 atom stereocenters. The number of carbonyl (C=O) groups excluding carboxylic acids is 1. The number of carbonyl (C=O) groups is 1. The van der Waals surface area contributed by atoms with Gasteiger partial charge in [-0.1, -0.05) is 24.3 Å². The Kier molecular flexibility index (Phi) is 3.91. The molecule has 1 saturated carbocycles. The van der Waals surface area contributed by atoms with Crippen molar-refractivity contribution in [3.05, 3.63) is 35.4 Å². The van der Waals surface area contributed by atoms with Crippen LogP contribution in [0, 0.1) is 5.92 Å². The zero-order valence-corrected chi connectivity index (χ0v) is 13.2. The molecule has 1 heterocycles. The van der Waals surface area contributed by atoms with E-state index >= 15 is 0 Å². The Hall–Kier alpha value is -1.35. The van der Waals surface area contributed by atoms with Crippen LogP contribution in [0.25, 0.3) is 0 Å². The summed E-state index contributed by atoms with van der Waals surface area (Å²) in [5.74, 6) is 1.01. The lowest BCUT2D eigenvalue weighted by Gasteiger charge is -2.32. The zero-order valence-electron chi connectivity index (χ0n) is 13.2. The van der Waals surface area contributed by atoms with Crippen LogP contribution in [0.3, 0.4) is 0 Å². The highest BCUT2D eigenvalue weighted by molar-refractivity contribution is 5.85. The molecular formula is C19H25NO2. The summed E-state index contributed by atoms with van der Waals surface area (Å²) in [6.45, 7) is 2.60. The monoisotopic (exact) mass is 299 g/mol. The summed E-state index contributed by atoms with van der Waals surface area (Å²) in [6, 6.07) is 9.04. The Labute approximate surface area is 132 Å². The van der Waals surface area contributed by atoms with Crippen LogP contribution >= 0.6 is 0 Å². The minimum Gasteiger partial charge on any atom is -0.381 e. The predicted octanol–water partition coefficient (Wildman–Crippen LogP) is 3.13. The van der Waals surface area contributed by atoms with E-state index in [4.69, 9.17) is 4.74 Å². The third-order valence-electron chi connectivity index (χ3n) is 5.42. The molecule has 0 N–H and O–H groups in total. The second-order valence-corrected chi connectivity index (χ2v) is 7.10. The second-order valence-electron chi connectivity index (χ2n) is 7.10. The third kappa shape index (κ3) is 2.79. The minimum absolute atomic E-state index is 0.0906. The fraction of sp³-hybridized carbons (Fsp3) is 0.632. The van der Waals surface area contributed by atoms with Gasteiger partial charge in [0.15, 0.2) is 0 Å². The largest absolute Gasteiger partial charge is 0.381 e. The van der Waals surface area contributed by atoms with Crippen LogP contribution in [0.2, 0.25) is 0 Å². The van der Waals surface area contributed by atoms with Crippen molar-refractivity contribution >= 4 is 5.91 Å². The van der Waals surface area contributed by atoms with Gasteiger partial charge < -0.3 is 9.64 Å². The molecule has 0 spiro atoms. The van der Waals surface area contributed by atoms with E-state index in [0.29, 0.717) is 17.9 Å². The minimum atomic E-state index is 0.0906. The number of fused-ring (bicyclic) bond motifs is 1. The molecule has 1 amide bonds. The number of rotatable bonds is 4. The van der Waals surface area contributed by atoms with Crippen LogP contribution in [-0.2, 0) is 16.0 Å². The Bertz CT molecular complexity index is 546. The second kappa shape index (κ2) is 6.04. The number of hydrogen-bond donors (Lipinski definition) is 0. The van der Waals surface area contributed by atoms with Crippen LogP contribution in [0.4, 0.5) is 0 Å². The van der Waals surface area contributed by atoms with Gasteiger partial charge in [0.05, 0.1) is 12.5 Å². The summed E-state index contributed by atoms with van der Waals surface area (Å²) >= 11 is 0. The maximum atomic E-state index is 13.2. The van der Waals surface area contributed by atoms with Gasteiger partial charge in [-0.2, -0.15) is 0 Å². The zero-order chi connectivity index (χ0) is 14.9. The van der Waals surface area contributed by atoms with Crippen molar-refractivity contribution in [2.45, 2.75) is 50.5 Å². The molecule has 3 aliphatic rings. The summed E-state index contributed by atoms with van der Waals surface area (Å²) in [6.07, 6.45) is 6.76. The lowest BCUT2D eigenvalue weighted by molar-refractivity contribution is -0.134. The van der Waals surface area contributed by atoms with Crippen LogP contribution < -0.4 is 0 Å². The van der Waals surface area contributed by atoms with Gasteiger partial charge in [0, 0.05) is 25.1 Å². The third-order valence-corrected chi connectivity index (χ3v) is 5.42. The van der Waals surface area contributed by atoms with E-state index < -0.39 is 0 Å². The molecular weight excluding hydrogens is 274 g/mol. The predicted molar refractivity (Wildman–Crippen MR) is 85.8 cm³/mol. The van der Waals surface area contributed by atoms with E-state index in [9.17, 15) is 4.79 Å². The van der Waals surface area contributed by atoms with Crippen molar-refractivity contribution in [3.63, 3.8) is 0 Å². The molecule has 1 aromatic rings. The molecule has 0 bridgehead atoms. The molecule has 2 aliphatic carbocycles. The summed E-state index contributed by atoms with van der Waals surface area (Å²) in [4.78, 5) is 15.4. The van der Waals surface area contributed by atoms with Crippen molar-refractivity contribution in [2.75, 3.05) is 19.8 Å². The highest BCUT2D eigenvalue weighted by atomic mass is 16.5. The SMILES string of the molecule is O=C([C@@H]1CCCc2ccccc21)N(C[C@@H]1CCOC1)C1CC1. The Morgan fingerprint density at radius 2 is 2.05 bits per heavy atom. The first kappa shape index (κ1) is 14.3. The number of nitrogens with zero attached hydrogens (tertiary/aromatic N) is 1. The number of aryl methyl sites for hydroxylation is 1. The quantitative estimate of drug-likeness (QED) is 0.855. The average molecular weight is 299 g/mol. The maximum Gasteiger partial charge on any atom is 0.230 e. The Morgan fingerprint density at radius 3 is 2.82 bits per heavy atom. The summed E-state index contributed by atoms with van der Waals surface area (Å²) in [7, 11) is 0. The molecule has 2 fully saturated rings. The fourth-order valence-electron chi connectivity index (χ4n) is 4.02. The van der Waals surface area contributed by atoms with E-state index in [1.54, 1.807) is 0 Å². The van der Waals surface area contributed by atoms with Gasteiger partial charge in [0.1, 0.15) is 0 Å². The summed E-state index contributed by atoms with van der Waals surface area (Å²) < 4.78 is 5.50. The van der Waals surface area contributed by atoms with Crippen molar-refractivity contribution in [1.82, 2.24) is 4.90 Å². The molecule has 118 valence electrons. The van der Waals surface area contributed by atoms with Crippen LogP contribution in [0.1, 0.15) is 49.1 Å². The molecule has 3 heteroatoms.